The van der Waals surface area contributed by atoms with Crippen LogP contribution in [-0.2, 0) is 11.2 Å². The molecule has 7 nitrogen and oxygen atoms in total. The van der Waals surface area contributed by atoms with E-state index in [1.165, 1.54) is 4.90 Å². The van der Waals surface area contributed by atoms with E-state index in [4.69, 9.17) is 5.73 Å². The number of benzene rings is 2. The molecule has 0 aromatic heterocycles. The highest BCUT2D eigenvalue weighted by Gasteiger charge is 2.56. The number of nitrogens with zero attached hydrogens (tertiary/aromatic N) is 1. The fourth-order valence-electron chi connectivity index (χ4n) is 4.92. The van der Waals surface area contributed by atoms with Crippen LogP contribution in [0.1, 0.15) is 57.8 Å². The number of aliphatic hydroxyl groups is 1. The lowest BCUT2D eigenvalue weighted by atomic mass is 9.68. The number of nitrogens with one attached hydrogen (secondary N) is 1. The lowest BCUT2D eigenvalue weighted by molar-refractivity contribution is -0.117. The molecule has 33 heavy (non-hydrogen) atoms. The van der Waals surface area contributed by atoms with Gasteiger partial charge in [-0.2, -0.15) is 0 Å². The van der Waals surface area contributed by atoms with Crippen LogP contribution >= 0.6 is 0 Å². The molecule has 1 aliphatic heterocycles. The number of aliphatic hydroxyl groups excluding tert-OH is 1. The van der Waals surface area contributed by atoms with Crippen molar-refractivity contribution in [3.63, 3.8) is 0 Å². The summed E-state index contributed by atoms with van der Waals surface area (Å²) in [5, 5.41) is 24.2. The minimum absolute atomic E-state index is 0.264. The van der Waals surface area contributed by atoms with Crippen molar-refractivity contribution in [1.82, 2.24) is 4.90 Å². The molecule has 1 aliphatic rings. The molecule has 7 heteroatoms. The van der Waals surface area contributed by atoms with Crippen LogP contribution in [0.25, 0.3) is 0 Å². The number of amides is 2. The Kier molecular flexibility index (Phi) is 7.14. The minimum Gasteiger partial charge on any atom is -0.465 e. The summed E-state index contributed by atoms with van der Waals surface area (Å²) in [5.74, 6) is -0.264. The van der Waals surface area contributed by atoms with Crippen LogP contribution in [0.15, 0.2) is 54.6 Å². The molecule has 0 aliphatic carbocycles. The second-order valence-corrected chi connectivity index (χ2v) is 10.0. The van der Waals surface area contributed by atoms with Gasteiger partial charge in [0.1, 0.15) is 0 Å². The Morgan fingerprint density at radius 1 is 1.15 bits per heavy atom. The molecule has 1 heterocycles. The summed E-state index contributed by atoms with van der Waals surface area (Å²) in [6.45, 7) is 7.78. The van der Waals surface area contributed by atoms with Gasteiger partial charge in [0.05, 0.1) is 23.7 Å². The van der Waals surface area contributed by atoms with Crippen LogP contribution in [0.2, 0.25) is 0 Å². The Labute approximate surface area is 195 Å². The van der Waals surface area contributed by atoms with Crippen LogP contribution in [0.5, 0.6) is 0 Å². The SMILES string of the molecule is C[C@H](N)C(=O)Nc1ccc(C[C@]2(C(C)(C)C)CC[C@H]([C@H](O)c3ccccc3)N2C(=O)O)cc1. The van der Waals surface area contributed by atoms with Crippen LogP contribution in [0.3, 0.4) is 0 Å². The fourth-order valence-corrected chi connectivity index (χ4v) is 4.92. The third-order valence-corrected chi connectivity index (χ3v) is 6.89. The fraction of sp³-hybridized carbons (Fsp3) is 0.462. The van der Waals surface area contributed by atoms with Crippen molar-refractivity contribution in [2.24, 2.45) is 11.1 Å². The van der Waals surface area contributed by atoms with Crippen LogP contribution in [0, 0.1) is 5.41 Å². The topological polar surface area (TPSA) is 116 Å². The number of hydrogen-bond donors (Lipinski definition) is 4. The summed E-state index contributed by atoms with van der Waals surface area (Å²) < 4.78 is 0. The molecule has 2 amide bonds. The van der Waals surface area contributed by atoms with E-state index in [1.54, 1.807) is 6.92 Å². The van der Waals surface area contributed by atoms with E-state index in [1.807, 2.05) is 54.6 Å². The average molecular weight is 454 g/mol. The van der Waals surface area contributed by atoms with Crippen molar-refractivity contribution in [2.75, 3.05) is 5.32 Å². The number of hydrogen-bond acceptors (Lipinski definition) is 4. The molecule has 0 spiro atoms. The molecule has 0 saturated carbocycles. The van der Waals surface area contributed by atoms with E-state index in [0.29, 0.717) is 30.5 Å². The standard InChI is InChI=1S/C26H35N3O4/c1-17(27)23(31)28-20-12-10-18(11-13-20)16-26(25(2,3)4)15-14-21(29(26)24(32)33)22(30)19-8-6-5-7-9-19/h5-13,17,21-22,30H,14-16,27H2,1-4H3,(H,28,31)(H,32,33)/t17-,21+,22+,26-/m0/s1. The van der Waals surface area contributed by atoms with Gasteiger partial charge in [0.15, 0.2) is 0 Å². The highest BCUT2D eigenvalue weighted by atomic mass is 16.4. The maximum absolute atomic E-state index is 12.6. The molecule has 3 rings (SSSR count). The first-order valence-corrected chi connectivity index (χ1v) is 11.4. The van der Waals surface area contributed by atoms with Gasteiger partial charge in [0, 0.05) is 5.69 Å². The molecule has 5 N–H and O–H groups in total. The van der Waals surface area contributed by atoms with Crippen LogP contribution in [-0.4, -0.2) is 44.7 Å². The summed E-state index contributed by atoms with van der Waals surface area (Å²) in [5.41, 5.74) is 6.86. The number of anilines is 1. The Morgan fingerprint density at radius 3 is 2.27 bits per heavy atom. The number of rotatable bonds is 6. The maximum atomic E-state index is 12.6. The number of nitrogens with two attached hydrogens (primary N) is 1. The van der Waals surface area contributed by atoms with E-state index in [-0.39, 0.29) is 11.3 Å². The van der Waals surface area contributed by atoms with Gasteiger partial charge in [-0.05, 0) is 54.9 Å². The van der Waals surface area contributed by atoms with E-state index in [9.17, 15) is 19.8 Å². The van der Waals surface area contributed by atoms with Crippen molar-refractivity contribution in [1.29, 1.82) is 0 Å². The molecular formula is C26H35N3O4. The highest BCUT2D eigenvalue weighted by molar-refractivity contribution is 5.94. The number of likely N-dealkylation sites (tertiary alicyclic amines) is 1. The summed E-state index contributed by atoms with van der Waals surface area (Å²) in [6, 6.07) is 15.5. The second-order valence-electron chi connectivity index (χ2n) is 10.0. The third-order valence-electron chi connectivity index (χ3n) is 6.89. The first-order valence-electron chi connectivity index (χ1n) is 11.4. The molecule has 0 radical (unpaired) electrons. The molecule has 4 atom stereocenters. The molecule has 2 aromatic rings. The van der Waals surface area contributed by atoms with Crippen molar-refractivity contribution < 1.29 is 19.8 Å². The molecule has 1 fully saturated rings. The Morgan fingerprint density at radius 2 is 1.76 bits per heavy atom. The van der Waals surface area contributed by atoms with Gasteiger partial charge in [0.2, 0.25) is 5.91 Å². The molecule has 1 saturated heterocycles. The zero-order valence-corrected chi connectivity index (χ0v) is 19.8. The Hall–Kier alpha value is -2.90. The predicted molar refractivity (Wildman–Crippen MR) is 129 cm³/mol. The van der Waals surface area contributed by atoms with E-state index in [2.05, 4.69) is 26.1 Å². The van der Waals surface area contributed by atoms with Crippen molar-refractivity contribution in [3.8, 4) is 0 Å². The van der Waals surface area contributed by atoms with Gasteiger partial charge >= 0.3 is 6.09 Å². The third kappa shape index (κ3) is 5.04. The minimum atomic E-state index is -1.02. The largest absolute Gasteiger partial charge is 0.465 e. The molecule has 178 valence electrons. The first kappa shape index (κ1) is 24.7. The zero-order valence-electron chi connectivity index (χ0n) is 19.8. The van der Waals surface area contributed by atoms with Crippen LogP contribution in [0.4, 0.5) is 10.5 Å². The van der Waals surface area contributed by atoms with Gasteiger partial charge in [-0.15, -0.1) is 0 Å². The molecular weight excluding hydrogens is 418 g/mol. The van der Waals surface area contributed by atoms with Crippen molar-refractivity contribution >= 4 is 17.7 Å². The summed E-state index contributed by atoms with van der Waals surface area (Å²) >= 11 is 0. The monoisotopic (exact) mass is 453 g/mol. The van der Waals surface area contributed by atoms with Crippen molar-refractivity contribution in [3.05, 3.63) is 65.7 Å². The summed E-state index contributed by atoms with van der Waals surface area (Å²) in [4.78, 5) is 26.0. The summed E-state index contributed by atoms with van der Waals surface area (Å²) in [7, 11) is 0. The van der Waals surface area contributed by atoms with E-state index in [0.717, 1.165) is 5.56 Å². The van der Waals surface area contributed by atoms with Gasteiger partial charge in [-0.1, -0.05) is 63.2 Å². The van der Waals surface area contributed by atoms with Crippen molar-refractivity contribution in [2.45, 2.75) is 70.7 Å². The van der Waals surface area contributed by atoms with E-state index >= 15 is 0 Å². The quantitative estimate of drug-likeness (QED) is 0.524. The predicted octanol–water partition coefficient (Wildman–Crippen LogP) is 4.18. The van der Waals surface area contributed by atoms with Gasteiger partial charge in [-0.25, -0.2) is 4.79 Å². The number of carbonyl (C=O) groups is 2. The summed E-state index contributed by atoms with van der Waals surface area (Å²) in [6.07, 6.45) is -0.212. The van der Waals surface area contributed by atoms with Gasteiger partial charge in [-0.3, -0.25) is 9.69 Å². The van der Waals surface area contributed by atoms with E-state index < -0.39 is 29.8 Å². The average Bonchev–Trinajstić information content (AvgIpc) is 3.16. The number of carboxylic acid groups (broad SMARTS) is 1. The molecule has 0 unspecified atom stereocenters. The first-order chi connectivity index (χ1) is 15.5. The van der Waals surface area contributed by atoms with Gasteiger partial charge in [0.25, 0.3) is 0 Å². The lowest BCUT2D eigenvalue weighted by Crippen LogP contribution is -2.59. The smallest absolute Gasteiger partial charge is 0.408 e. The molecule has 0 bridgehead atoms. The zero-order chi connectivity index (χ0) is 24.4. The second kappa shape index (κ2) is 9.53. The lowest BCUT2D eigenvalue weighted by Gasteiger charge is -2.49. The Bertz CT molecular complexity index is 969. The Balaban J connectivity index is 1.92. The molecule has 2 aromatic carbocycles. The number of carbonyl (C=O) groups excluding carboxylic acids is 1. The van der Waals surface area contributed by atoms with Gasteiger partial charge < -0.3 is 21.3 Å². The normalized spacial score (nSPS) is 22.6. The van der Waals surface area contributed by atoms with Crippen LogP contribution < -0.4 is 11.1 Å². The highest BCUT2D eigenvalue weighted by Crippen LogP contribution is 2.50. The maximum Gasteiger partial charge on any atom is 0.408 e.